The van der Waals surface area contributed by atoms with Crippen molar-refractivity contribution in [3.63, 3.8) is 0 Å². The van der Waals surface area contributed by atoms with Crippen molar-refractivity contribution in [3.05, 3.63) is 24.3 Å². The van der Waals surface area contributed by atoms with Gasteiger partial charge in [-0.1, -0.05) is 0 Å². The number of ether oxygens (including phenoxy) is 1. The van der Waals surface area contributed by atoms with Crippen molar-refractivity contribution in [2.24, 2.45) is 0 Å². The second-order valence-electron chi connectivity index (χ2n) is 6.00. The van der Waals surface area contributed by atoms with Crippen LogP contribution < -0.4 is 10.0 Å². The second-order valence-corrected chi connectivity index (χ2v) is 7.69. The normalized spacial score (nSPS) is 11.8. The van der Waals surface area contributed by atoms with E-state index in [4.69, 9.17) is 0 Å². The summed E-state index contributed by atoms with van der Waals surface area (Å²) in [6.07, 6.45) is -0.0113. The smallest absolute Gasteiger partial charge is 0.306 e. The van der Waals surface area contributed by atoms with Crippen LogP contribution in [-0.4, -0.2) is 32.9 Å². The molecule has 128 valence electrons. The largest absolute Gasteiger partial charge is 0.469 e. The summed E-state index contributed by atoms with van der Waals surface area (Å²) in [5.41, 5.74) is -0.130. The van der Waals surface area contributed by atoms with Crippen LogP contribution in [0.5, 0.6) is 0 Å². The van der Waals surface area contributed by atoms with Crippen LogP contribution in [0.2, 0.25) is 0 Å². The number of amides is 1. The van der Waals surface area contributed by atoms with Gasteiger partial charge < -0.3 is 10.1 Å². The van der Waals surface area contributed by atoms with Crippen LogP contribution in [0.25, 0.3) is 0 Å². The van der Waals surface area contributed by atoms with E-state index in [2.05, 4.69) is 14.8 Å². The van der Waals surface area contributed by atoms with Crippen molar-refractivity contribution in [2.75, 3.05) is 12.4 Å². The molecular formula is C15H22N2O5S. The van der Waals surface area contributed by atoms with Crippen LogP contribution in [0.4, 0.5) is 5.69 Å². The molecule has 1 aromatic rings. The molecule has 0 aliphatic carbocycles. The van der Waals surface area contributed by atoms with Gasteiger partial charge in [-0.15, -0.1) is 0 Å². The number of methoxy groups -OCH3 is 1. The Kier molecular flexibility index (Phi) is 6.28. The number of carbonyl (C=O) groups is 2. The Labute approximate surface area is 136 Å². The number of nitrogens with one attached hydrogen (secondary N) is 2. The van der Waals surface area contributed by atoms with E-state index in [1.165, 1.54) is 31.4 Å². The van der Waals surface area contributed by atoms with Gasteiger partial charge in [-0.05, 0) is 45.0 Å². The molecule has 23 heavy (non-hydrogen) atoms. The Hall–Kier alpha value is -1.93. The maximum Gasteiger partial charge on any atom is 0.306 e. The molecule has 0 atom stereocenters. The summed E-state index contributed by atoms with van der Waals surface area (Å²) in [6, 6.07) is 5.80. The summed E-state index contributed by atoms with van der Waals surface area (Å²) in [6.45, 7) is 5.25. The van der Waals surface area contributed by atoms with Crippen molar-refractivity contribution in [1.29, 1.82) is 0 Å². The monoisotopic (exact) mass is 342 g/mol. The summed E-state index contributed by atoms with van der Waals surface area (Å²) in [5.74, 6) is -0.811. The minimum absolute atomic E-state index is 0.00168. The van der Waals surface area contributed by atoms with Gasteiger partial charge in [0.15, 0.2) is 0 Å². The first-order valence-corrected chi connectivity index (χ1v) is 8.52. The highest BCUT2D eigenvalue weighted by atomic mass is 32.2. The molecule has 0 aromatic heterocycles. The van der Waals surface area contributed by atoms with Gasteiger partial charge in [-0.25, -0.2) is 13.1 Å². The SMILES string of the molecule is COC(=O)CCC(=O)Nc1ccc(S(=O)(=O)NC(C)(C)C)cc1. The van der Waals surface area contributed by atoms with Crippen LogP contribution in [-0.2, 0) is 24.3 Å². The lowest BCUT2D eigenvalue weighted by atomic mass is 10.1. The van der Waals surface area contributed by atoms with Gasteiger partial charge in [0.1, 0.15) is 0 Å². The highest BCUT2D eigenvalue weighted by Crippen LogP contribution is 2.16. The Bertz CT molecular complexity index is 660. The highest BCUT2D eigenvalue weighted by molar-refractivity contribution is 7.89. The van der Waals surface area contributed by atoms with Crippen LogP contribution in [0, 0.1) is 0 Å². The third-order valence-electron chi connectivity index (χ3n) is 2.67. The second kappa shape index (κ2) is 7.56. The average molecular weight is 342 g/mol. The maximum absolute atomic E-state index is 12.1. The fourth-order valence-electron chi connectivity index (χ4n) is 1.72. The molecule has 0 saturated carbocycles. The molecule has 0 radical (unpaired) electrons. The summed E-state index contributed by atoms with van der Waals surface area (Å²) >= 11 is 0. The lowest BCUT2D eigenvalue weighted by Crippen LogP contribution is -2.40. The average Bonchev–Trinajstić information content (AvgIpc) is 2.42. The van der Waals surface area contributed by atoms with E-state index in [0.717, 1.165) is 0 Å². The van der Waals surface area contributed by atoms with Crippen molar-refractivity contribution in [2.45, 2.75) is 44.0 Å². The van der Waals surface area contributed by atoms with Gasteiger partial charge in [0.05, 0.1) is 18.4 Å². The predicted octanol–water partition coefficient (Wildman–Crippen LogP) is 1.66. The van der Waals surface area contributed by atoms with E-state index in [9.17, 15) is 18.0 Å². The number of esters is 1. The first kappa shape index (κ1) is 19.1. The highest BCUT2D eigenvalue weighted by Gasteiger charge is 2.21. The minimum atomic E-state index is -3.61. The summed E-state index contributed by atoms with van der Waals surface area (Å²) in [4.78, 5) is 22.7. The third-order valence-corrected chi connectivity index (χ3v) is 4.45. The Morgan fingerprint density at radius 1 is 1.09 bits per heavy atom. The van der Waals surface area contributed by atoms with E-state index in [1.54, 1.807) is 20.8 Å². The molecule has 8 heteroatoms. The van der Waals surface area contributed by atoms with Crippen LogP contribution in [0.3, 0.4) is 0 Å². The predicted molar refractivity (Wildman–Crippen MR) is 86.4 cm³/mol. The van der Waals surface area contributed by atoms with E-state index < -0.39 is 21.5 Å². The molecular weight excluding hydrogens is 320 g/mol. The molecule has 1 rings (SSSR count). The molecule has 0 unspecified atom stereocenters. The Balaban J connectivity index is 2.70. The van der Waals surface area contributed by atoms with Gasteiger partial charge in [0.25, 0.3) is 0 Å². The number of carbonyl (C=O) groups excluding carboxylic acids is 2. The van der Waals surface area contributed by atoms with Crippen molar-refractivity contribution >= 4 is 27.6 Å². The molecule has 0 spiro atoms. The molecule has 0 aliphatic rings. The standard InChI is InChI=1S/C15H22N2O5S/c1-15(2,3)17-23(20,21)12-7-5-11(6-8-12)16-13(18)9-10-14(19)22-4/h5-8,17H,9-10H2,1-4H3,(H,16,18). The molecule has 0 fully saturated rings. The number of hydrogen-bond donors (Lipinski definition) is 2. The first-order valence-electron chi connectivity index (χ1n) is 7.04. The van der Waals surface area contributed by atoms with Gasteiger partial charge in [-0.2, -0.15) is 0 Å². The van der Waals surface area contributed by atoms with Gasteiger partial charge in [-0.3, -0.25) is 9.59 Å². The Morgan fingerprint density at radius 2 is 1.65 bits per heavy atom. The molecule has 7 nitrogen and oxygen atoms in total. The van der Waals surface area contributed by atoms with E-state index in [-0.39, 0.29) is 23.6 Å². The summed E-state index contributed by atoms with van der Waals surface area (Å²) < 4.78 is 31.3. The molecule has 0 aliphatic heterocycles. The lowest BCUT2D eigenvalue weighted by Gasteiger charge is -2.20. The van der Waals surface area contributed by atoms with Crippen LogP contribution in [0.15, 0.2) is 29.2 Å². The number of benzene rings is 1. The number of rotatable bonds is 6. The summed E-state index contributed by atoms with van der Waals surface area (Å²) in [7, 11) is -2.36. The van der Waals surface area contributed by atoms with Crippen LogP contribution >= 0.6 is 0 Å². The van der Waals surface area contributed by atoms with Crippen molar-refractivity contribution in [1.82, 2.24) is 4.72 Å². The van der Waals surface area contributed by atoms with Gasteiger partial charge in [0.2, 0.25) is 15.9 Å². The molecule has 0 heterocycles. The van der Waals surface area contributed by atoms with Crippen LogP contribution in [0.1, 0.15) is 33.6 Å². The van der Waals surface area contributed by atoms with E-state index >= 15 is 0 Å². The van der Waals surface area contributed by atoms with E-state index in [1.807, 2.05) is 0 Å². The maximum atomic E-state index is 12.1. The van der Waals surface area contributed by atoms with Crippen molar-refractivity contribution in [3.8, 4) is 0 Å². The molecule has 0 bridgehead atoms. The minimum Gasteiger partial charge on any atom is -0.469 e. The fourth-order valence-corrected chi connectivity index (χ4v) is 3.14. The number of sulfonamides is 1. The summed E-state index contributed by atoms with van der Waals surface area (Å²) in [5, 5.41) is 2.59. The zero-order valence-corrected chi connectivity index (χ0v) is 14.5. The first-order chi connectivity index (χ1) is 10.5. The zero-order chi connectivity index (χ0) is 17.7. The zero-order valence-electron chi connectivity index (χ0n) is 13.7. The van der Waals surface area contributed by atoms with E-state index in [0.29, 0.717) is 5.69 Å². The molecule has 1 amide bonds. The quantitative estimate of drug-likeness (QED) is 0.766. The Morgan fingerprint density at radius 3 is 2.13 bits per heavy atom. The number of anilines is 1. The topological polar surface area (TPSA) is 102 Å². The molecule has 1 aromatic carbocycles. The number of hydrogen-bond acceptors (Lipinski definition) is 5. The molecule has 0 saturated heterocycles. The fraction of sp³-hybridized carbons (Fsp3) is 0.467. The van der Waals surface area contributed by atoms with Crippen molar-refractivity contribution < 1.29 is 22.7 Å². The van der Waals surface area contributed by atoms with Gasteiger partial charge in [0, 0.05) is 17.6 Å². The lowest BCUT2D eigenvalue weighted by molar-refractivity contribution is -0.141. The molecule has 2 N–H and O–H groups in total. The third kappa shape index (κ3) is 6.79. The van der Waals surface area contributed by atoms with Gasteiger partial charge >= 0.3 is 5.97 Å².